The van der Waals surface area contributed by atoms with E-state index in [2.05, 4.69) is 15.5 Å². The van der Waals surface area contributed by atoms with E-state index < -0.39 is 0 Å². The number of aromatic amines is 1. The number of halogens is 1. The molecule has 0 saturated carbocycles. The summed E-state index contributed by atoms with van der Waals surface area (Å²) in [6.45, 7) is 6.04. The van der Waals surface area contributed by atoms with Crippen LogP contribution < -0.4 is 10.2 Å². The third kappa shape index (κ3) is 4.66. The standard InChI is InChI=1S/C17H24FN5OS/c1-5-6-15-20-21-17(25)23(15)10-16(24)19-12-7-8-14(13(18)9-12)22(4)11(2)3/h7-9,11H,5-6,10H2,1-4H3,(H,19,24)(H,21,25). The lowest BCUT2D eigenvalue weighted by Crippen LogP contribution is -2.26. The Morgan fingerprint density at radius 1 is 1.48 bits per heavy atom. The highest BCUT2D eigenvalue weighted by molar-refractivity contribution is 7.71. The highest BCUT2D eigenvalue weighted by Crippen LogP contribution is 2.23. The first-order valence-corrected chi connectivity index (χ1v) is 8.70. The molecule has 0 bridgehead atoms. The fourth-order valence-electron chi connectivity index (χ4n) is 2.42. The summed E-state index contributed by atoms with van der Waals surface area (Å²) in [5.74, 6) is 0.0857. The molecule has 0 saturated heterocycles. The number of hydrogen-bond donors (Lipinski definition) is 2. The van der Waals surface area contributed by atoms with Gasteiger partial charge in [-0.1, -0.05) is 6.92 Å². The molecule has 1 aromatic carbocycles. The van der Waals surface area contributed by atoms with Gasteiger partial charge < -0.3 is 10.2 Å². The molecular weight excluding hydrogens is 341 g/mol. The van der Waals surface area contributed by atoms with Crippen molar-refractivity contribution in [2.24, 2.45) is 0 Å². The van der Waals surface area contributed by atoms with E-state index in [0.29, 0.717) is 16.1 Å². The predicted octanol–water partition coefficient (Wildman–Crippen LogP) is 3.52. The molecule has 0 radical (unpaired) electrons. The number of anilines is 2. The summed E-state index contributed by atoms with van der Waals surface area (Å²) in [7, 11) is 1.83. The molecule has 8 heteroatoms. The lowest BCUT2D eigenvalue weighted by atomic mass is 10.2. The van der Waals surface area contributed by atoms with E-state index in [9.17, 15) is 9.18 Å². The maximum Gasteiger partial charge on any atom is 0.244 e. The van der Waals surface area contributed by atoms with Crippen LogP contribution in [0.2, 0.25) is 0 Å². The first kappa shape index (κ1) is 19.1. The maximum absolute atomic E-state index is 14.3. The normalized spacial score (nSPS) is 11.0. The van der Waals surface area contributed by atoms with Gasteiger partial charge in [0.1, 0.15) is 18.2 Å². The summed E-state index contributed by atoms with van der Waals surface area (Å²) in [6.07, 6.45) is 1.63. The van der Waals surface area contributed by atoms with E-state index >= 15 is 0 Å². The average Bonchev–Trinajstić information content (AvgIpc) is 2.88. The molecule has 0 atom stereocenters. The van der Waals surface area contributed by atoms with Crippen LogP contribution in [0, 0.1) is 10.6 Å². The predicted molar refractivity (Wildman–Crippen MR) is 100.0 cm³/mol. The van der Waals surface area contributed by atoms with Crippen LogP contribution in [0.15, 0.2) is 18.2 Å². The molecule has 0 fully saturated rings. The molecule has 2 N–H and O–H groups in total. The Morgan fingerprint density at radius 3 is 2.80 bits per heavy atom. The number of H-pyrrole nitrogens is 1. The van der Waals surface area contributed by atoms with Crippen molar-refractivity contribution in [1.29, 1.82) is 0 Å². The second kappa shape index (κ2) is 8.24. The monoisotopic (exact) mass is 365 g/mol. The Hall–Kier alpha value is -2.22. The van der Waals surface area contributed by atoms with Crippen LogP contribution in [0.5, 0.6) is 0 Å². The van der Waals surface area contributed by atoms with Gasteiger partial charge in [-0.2, -0.15) is 5.10 Å². The SMILES string of the molecule is CCCc1n[nH]c(=S)n1CC(=O)Nc1ccc(N(C)C(C)C)c(F)c1. The number of amides is 1. The third-order valence-corrected chi connectivity index (χ3v) is 4.31. The van der Waals surface area contributed by atoms with Crippen molar-refractivity contribution in [1.82, 2.24) is 14.8 Å². The molecular formula is C17H24FN5OS. The van der Waals surface area contributed by atoms with Gasteiger partial charge >= 0.3 is 0 Å². The van der Waals surface area contributed by atoms with Gasteiger partial charge in [0.2, 0.25) is 5.91 Å². The van der Waals surface area contributed by atoms with E-state index in [-0.39, 0.29) is 24.3 Å². The van der Waals surface area contributed by atoms with Gasteiger partial charge in [-0.3, -0.25) is 14.5 Å². The lowest BCUT2D eigenvalue weighted by Gasteiger charge is -2.24. The van der Waals surface area contributed by atoms with Crippen molar-refractivity contribution in [3.63, 3.8) is 0 Å². The van der Waals surface area contributed by atoms with Crippen LogP contribution in [0.25, 0.3) is 0 Å². The molecule has 1 heterocycles. The highest BCUT2D eigenvalue weighted by Gasteiger charge is 2.13. The zero-order valence-corrected chi connectivity index (χ0v) is 15.8. The van der Waals surface area contributed by atoms with E-state index in [1.807, 2.05) is 32.7 Å². The molecule has 2 rings (SSSR count). The molecule has 0 unspecified atom stereocenters. The smallest absolute Gasteiger partial charge is 0.244 e. The Balaban J connectivity index is 2.10. The largest absolute Gasteiger partial charge is 0.370 e. The summed E-state index contributed by atoms with van der Waals surface area (Å²) in [5.41, 5.74) is 0.908. The molecule has 25 heavy (non-hydrogen) atoms. The van der Waals surface area contributed by atoms with Crippen LogP contribution in [0.1, 0.15) is 33.0 Å². The number of carbonyl (C=O) groups excluding carboxylic acids is 1. The van der Waals surface area contributed by atoms with Gasteiger partial charge in [-0.25, -0.2) is 4.39 Å². The summed E-state index contributed by atoms with van der Waals surface area (Å²) in [5, 5.41) is 9.54. The fourth-order valence-corrected chi connectivity index (χ4v) is 2.64. The molecule has 6 nitrogen and oxygen atoms in total. The topological polar surface area (TPSA) is 66.0 Å². The van der Waals surface area contributed by atoms with Gasteiger partial charge in [0.15, 0.2) is 4.77 Å². The van der Waals surface area contributed by atoms with Crippen LogP contribution in [-0.4, -0.2) is 33.8 Å². The van der Waals surface area contributed by atoms with Crippen molar-refractivity contribution < 1.29 is 9.18 Å². The van der Waals surface area contributed by atoms with Gasteiger partial charge in [0.25, 0.3) is 0 Å². The molecule has 136 valence electrons. The van der Waals surface area contributed by atoms with E-state index in [1.54, 1.807) is 16.7 Å². The summed E-state index contributed by atoms with van der Waals surface area (Å²) < 4.78 is 16.3. The average molecular weight is 365 g/mol. The first-order valence-electron chi connectivity index (χ1n) is 8.29. The zero-order chi connectivity index (χ0) is 18.6. The molecule has 0 aliphatic rings. The minimum absolute atomic E-state index is 0.0416. The molecule has 0 aliphatic carbocycles. The Kier molecular flexibility index (Phi) is 6.30. The number of hydrogen-bond acceptors (Lipinski definition) is 4. The second-order valence-electron chi connectivity index (χ2n) is 6.20. The number of rotatable bonds is 7. The van der Waals surface area contributed by atoms with Crippen molar-refractivity contribution >= 4 is 29.5 Å². The minimum atomic E-state index is -0.374. The van der Waals surface area contributed by atoms with Gasteiger partial charge in [0.05, 0.1) is 5.69 Å². The van der Waals surface area contributed by atoms with Gasteiger partial charge in [-0.05, 0) is 50.7 Å². The first-order chi connectivity index (χ1) is 11.8. The fraction of sp³-hybridized carbons (Fsp3) is 0.471. The molecule has 0 spiro atoms. The number of carbonyl (C=O) groups is 1. The number of benzene rings is 1. The third-order valence-electron chi connectivity index (χ3n) is 4.00. The Morgan fingerprint density at radius 2 is 2.20 bits per heavy atom. The molecule has 0 aliphatic heterocycles. The number of aromatic nitrogens is 3. The zero-order valence-electron chi connectivity index (χ0n) is 15.0. The van der Waals surface area contributed by atoms with E-state index in [4.69, 9.17) is 12.2 Å². The van der Waals surface area contributed by atoms with Crippen LogP contribution in [-0.2, 0) is 17.8 Å². The highest BCUT2D eigenvalue weighted by atomic mass is 32.1. The maximum atomic E-state index is 14.3. The Labute approximate surface area is 152 Å². The van der Waals surface area contributed by atoms with E-state index in [1.165, 1.54) is 6.07 Å². The van der Waals surface area contributed by atoms with Crippen molar-refractivity contribution in [2.45, 2.75) is 46.2 Å². The number of aryl methyl sites for hydroxylation is 1. The number of nitrogens with one attached hydrogen (secondary N) is 2. The quantitative estimate of drug-likeness (QED) is 0.737. The minimum Gasteiger partial charge on any atom is -0.370 e. The van der Waals surface area contributed by atoms with Crippen LogP contribution in [0.4, 0.5) is 15.8 Å². The summed E-state index contributed by atoms with van der Waals surface area (Å²) >= 11 is 5.16. The van der Waals surface area contributed by atoms with Crippen molar-refractivity contribution in [3.8, 4) is 0 Å². The molecule has 1 amide bonds. The van der Waals surface area contributed by atoms with Gasteiger partial charge in [0, 0.05) is 25.2 Å². The second-order valence-corrected chi connectivity index (χ2v) is 6.59. The number of nitrogens with zero attached hydrogens (tertiary/aromatic N) is 3. The van der Waals surface area contributed by atoms with Crippen molar-refractivity contribution in [2.75, 3.05) is 17.3 Å². The van der Waals surface area contributed by atoms with E-state index in [0.717, 1.165) is 18.7 Å². The van der Waals surface area contributed by atoms with Crippen LogP contribution in [0.3, 0.4) is 0 Å². The van der Waals surface area contributed by atoms with Crippen LogP contribution >= 0.6 is 12.2 Å². The Bertz CT molecular complexity index is 799. The van der Waals surface area contributed by atoms with Gasteiger partial charge in [-0.15, -0.1) is 0 Å². The lowest BCUT2D eigenvalue weighted by molar-refractivity contribution is -0.116. The summed E-state index contributed by atoms with van der Waals surface area (Å²) in [4.78, 5) is 14.1. The van der Waals surface area contributed by atoms with Crippen molar-refractivity contribution in [3.05, 3.63) is 34.6 Å². The summed E-state index contributed by atoms with van der Waals surface area (Å²) in [6, 6.07) is 4.86. The molecule has 2 aromatic rings. The molecule has 1 aromatic heterocycles.